The fourth-order valence-electron chi connectivity index (χ4n) is 3.81. The highest BCUT2D eigenvalue weighted by molar-refractivity contribution is 6.30. The normalized spacial score (nSPS) is 17.9. The Labute approximate surface area is 181 Å². The molecule has 1 N–H and O–H groups in total. The largest absolute Gasteiger partial charge is 0.390 e. The van der Waals surface area contributed by atoms with Gasteiger partial charge < -0.3 is 10.0 Å². The highest BCUT2D eigenvalue weighted by Crippen LogP contribution is 2.23. The first-order valence-electron chi connectivity index (χ1n) is 9.39. The van der Waals surface area contributed by atoms with Gasteiger partial charge in [-0.1, -0.05) is 23.7 Å². The van der Waals surface area contributed by atoms with Crippen LogP contribution in [0.4, 0.5) is 5.69 Å². The molecule has 154 valence electrons. The number of piperazine rings is 1. The average molecular weight is 436 g/mol. The predicted octanol–water partition coefficient (Wildman–Crippen LogP) is 2.54. The molecule has 1 unspecified atom stereocenters. The van der Waals surface area contributed by atoms with E-state index in [1.165, 1.54) is 0 Å². The number of nitrogens with zero attached hydrogens (tertiary/aromatic N) is 3. The number of β-amino-alcohol motifs (C(OH)–C–C–N with tert-alkyl or cyclic N) is 1. The average Bonchev–Trinajstić information content (AvgIpc) is 2.94. The van der Waals surface area contributed by atoms with E-state index in [2.05, 4.69) is 9.80 Å². The van der Waals surface area contributed by atoms with E-state index in [0.29, 0.717) is 17.7 Å². The summed E-state index contributed by atoms with van der Waals surface area (Å²) in [6.07, 6.45) is -0.774. The topological polar surface area (TPSA) is 64.1 Å². The van der Waals surface area contributed by atoms with E-state index in [0.717, 1.165) is 41.8 Å². The zero-order valence-electron chi connectivity index (χ0n) is 15.8. The summed E-state index contributed by atoms with van der Waals surface area (Å²) in [6.45, 7) is 3.76. The molecule has 4 rings (SSSR count). The molecule has 2 aliphatic rings. The summed E-state index contributed by atoms with van der Waals surface area (Å²) in [5.41, 5.74) is 1.96. The van der Waals surface area contributed by atoms with E-state index in [9.17, 15) is 14.7 Å². The van der Waals surface area contributed by atoms with Crippen molar-refractivity contribution in [1.29, 1.82) is 0 Å². The van der Waals surface area contributed by atoms with Crippen molar-refractivity contribution in [1.82, 2.24) is 9.80 Å². The lowest BCUT2D eigenvalue weighted by molar-refractivity contribution is 0.0469. The number of hydrogen-bond acceptors (Lipinski definition) is 5. The molecule has 2 aromatic carbocycles. The number of hydrogen-bond donors (Lipinski definition) is 1. The second-order valence-corrected chi connectivity index (χ2v) is 7.62. The quantitative estimate of drug-likeness (QED) is 0.730. The maximum absolute atomic E-state index is 12.4. The van der Waals surface area contributed by atoms with Crippen molar-refractivity contribution in [3.05, 3.63) is 64.7 Å². The second-order valence-electron chi connectivity index (χ2n) is 7.18. The van der Waals surface area contributed by atoms with Gasteiger partial charge in [0.15, 0.2) is 0 Å². The molecular weight excluding hydrogens is 413 g/mol. The van der Waals surface area contributed by atoms with Crippen molar-refractivity contribution < 1.29 is 14.7 Å². The van der Waals surface area contributed by atoms with Crippen LogP contribution in [-0.2, 0) is 0 Å². The molecule has 0 radical (unpaired) electrons. The standard InChI is InChI=1S/C21H22ClN3O3.ClH/c22-15-5-7-16(8-6-15)24-11-9-23(10-12-24)13-17(26)14-25-20(27)18-3-1-2-4-19(18)21(25)28;/h1-8,17,26H,9-14H2;1H. The summed E-state index contributed by atoms with van der Waals surface area (Å²) < 4.78 is 0. The smallest absolute Gasteiger partial charge is 0.261 e. The molecule has 1 saturated heterocycles. The number of halogens is 2. The van der Waals surface area contributed by atoms with E-state index >= 15 is 0 Å². The van der Waals surface area contributed by atoms with E-state index in [1.807, 2.05) is 24.3 Å². The Morgan fingerprint density at radius 2 is 1.41 bits per heavy atom. The van der Waals surface area contributed by atoms with Crippen LogP contribution in [0.2, 0.25) is 5.02 Å². The first-order chi connectivity index (χ1) is 13.5. The van der Waals surface area contributed by atoms with Crippen LogP contribution in [0.25, 0.3) is 0 Å². The van der Waals surface area contributed by atoms with E-state index in [-0.39, 0.29) is 30.8 Å². The van der Waals surface area contributed by atoms with Gasteiger partial charge in [0.25, 0.3) is 11.8 Å². The maximum atomic E-state index is 12.4. The zero-order valence-corrected chi connectivity index (χ0v) is 17.4. The summed E-state index contributed by atoms with van der Waals surface area (Å²) in [6, 6.07) is 14.6. The summed E-state index contributed by atoms with van der Waals surface area (Å²) in [5, 5.41) is 11.2. The van der Waals surface area contributed by atoms with Gasteiger partial charge in [-0.25, -0.2) is 0 Å². The van der Waals surface area contributed by atoms with E-state index < -0.39 is 6.10 Å². The molecule has 1 fully saturated rings. The number of aliphatic hydroxyl groups excluding tert-OH is 1. The van der Waals surface area contributed by atoms with Crippen molar-refractivity contribution >= 4 is 41.5 Å². The molecule has 2 aromatic rings. The first kappa shape index (κ1) is 21.6. The van der Waals surface area contributed by atoms with Crippen molar-refractivity contribution in [2.24, 2.45) is 0 Å². The molecule has 2 heterocycles. The van der Waals surface area contributed by atoms with Gasteiger partial charge in [-0.2, -0.15) is 0 Å². The molecule has 6 nitrogen and oxygen atoms in total. The molecule has 0 saturated carbocycles. The number of amides is 2. The Bertz CT molecular complexity index is 848. The van der Waals surface area contributed by atoms with Gasteiger partial charge >= 0.3 is 0 Å². The van der Waals surface area contributed by atoms with E-state index in [1.54, 1.807) is 24.3 Å². The molecule has 2 aliphatic heterocycles. The lowest BCUT2D eigenvalue weighted by Crippen LogP contribution is -2.50. The van der Waals surface area contributed by atoms with Gasteiger partial charge in [0, 0.05) is 43.4 Å². The molecule has 1 atom stereocenters. The highest BCUT2D eigenvalue weighted by Gasteiger charge is 2.36. The summed E-state index contributed by atoms with van der Waals surface area (Å²) in [4.78, 5) is 30.4. The lowest BCUT2D eigenvalue weighted by atomic mass is 10.1. The number of rotatable bonds is 5. The fourth-order valence-corrected chi connectivity index (χ4v) is 3.94. The number of fused-ring (bicyclic) bond motifs is 1. The summed E-state index contributed by atoms with van der Waals surface area (Å²) >= 11 is 5.94. The van der Waals surface area contributed by atoms with Crippen molar-refractivity contribution in [3.8, 4) is 0 Å². The number of benzene rings is 2. The Balaban J connectivity index is 0.00000240. The molecule has 8 heteroatoms. The first-order valence-corrected chi connectivity index (χ1v) is 9.77. The van der Waals surface area contributed by atoms with E-state index in [4.69, 9.17) is 11.6 Å². The highest BCUT2D eigenvalue weighted by atomic mass is 35.5. The summed E-state index contributed by atoms with van der Waals surface area (Å²) in [5.74, 6) is -0.653. The third-order valence-corrected chi connectivity index (χ3v) is 5.56. The fraction of sp³-hybridized carbons (Fsp3) is 0.333. The van der Waals surface area contributed by atoms with Gasteiger partial charge in [-0.3, -0.25) is 19.4 Å². The number of carbonyl (C=O) groups is 2. The molecule has 0 spiro atoms. The molecule has 0 aromatic heterocycles. The molecule has 0 bridgehead atoms. The number of anilines is 1. The zero-order chi connectivity index (χ0) is 19.7. The SMILES string of the molecule is Cl.O=C1c2ccccc2C(=O)N1CC(O)CN1CCN(c2ccc(Cl)cc2)CC1. The van der Waals surface area contributed by atoms with Crippen LogP contribution in [0.3, 0.4) is 0 Å². The summed E-state index contributed by atoms with van der Waals surface area (Å²) in [7, 11) is 0. The maximum Gasteiger partial charge on any atom is 0.261 e. The molecule has 2 amide bonds. The number of carbonyl (C=O) groups excluding carboxylic acids is 2. The third kappa shape index (κ3) is 4.56. The molecular formula is C21H23Cl2N3O3. The van der Waals surface area contributed by atoms with Crippen LogP contribution >= 0.6 is 24.0 Å². The Hall–Kier alpha value is -2.12. The Morgan fingerprint density at radius 1 is 0.862 bits per heavy atom. The van der Waals surface area contributed by atoms with Crippen LogP contribution in [0.1, 0.15) is 20.7 Å². The third-order valence-electron chi connectivity index (χ3n) is 5.30. The van der Waals surface area contributed by atoms with Crippen LogP contribution in [0, 0.1) is 0 Å². The minimum Gasteiger partial charge on any atom is -0.390 e. The van der Waals surface area contributed by atoms with Gasteiger partial charge in [-0.15, -0.1) is 12.4 Å². The van der Waals surface area contributed by atoms with Crippen molar-refractivity contribution in [2.75, 3.05) is 44.2 Å². The predicted molar refractivity (Wildman–Crippen MR) is 115 cm³/mol. The molecule has 29 heavy (non-hydrogen) atoms. The van der Waals surface area contributed by atoms with Gasteiger partial charge in [-0.05, 0) is 36.4 Å². The van der Waals surface area contributed by atoms with Crippen LogP contribution in [0.15, 0.2) is 48.5 Å². The second kappa shape index (κ2) is 9.13. The van der Waals surface area contributed by atoms with Gasteiger partial charge in [0.2, 0.25) is 0 Å². The minimum absolute atomic E-state index is 0. The minimum atomic E-state index is -0.774. The van der Waals surface area contributed by atoms with Crippen LogP contribution < -0.4 is 4.90 Å². The molecule has 0 aliphatic carbocycles. The van der Waals surface area contributed by atoms with Gasteiger partial charge in [0.05, 0.1) is 23.8 Å². The van der Waals surface area contributed by atoms with Crippen LogP contribution in [-0.4, -0.2) is 72.1 Å². The number of aliphatic hydroxyl groups is 1. The van der Waals surface area contributed by atoms with Crippen molar-refractivity contribution in [3.63, 3.8) is 0 Å². The van der Waals surface area contributed by atoms with Crippen molar-refractivity contribution in [2.45, 2.75) is 6.10 Å². The Kier molecular flexibility index (Phi) is 6.80. The number of imide groups is 1. The lowest BCUT2D eigenvalue weighted by Gasteiger charge is -2.37. The Morgan fingerprint density at radius 3 is 1.97 bits per heavy atom. The van der Waals surface area contributed by atoms with Gasteiger partial charge in [0.1, 0.15) is 0 Å². The monoisotopic (exact) mass is 435 g/mol. The van der Waals surface area contributed by atoms with Crippen LogP contribution in [0.5, 0.6) is 0 Å².